The molecule has 0 spiro atoms. The summed E-state index contributed by atoms with van der Waals surface area (Å²) in [4.78, 5) is 3.87. The second-order valence-corrected chi connectivity index (χ2v) is 4.48. The van der Waals surface area contributed by atoms with E-state index in [2.05, 4.69) is 10.3 Å². The predicted octanol–water partition coefficient (Wildman–Crippen LogP) is 3.38. The van der Waals surface area contributed by atoms with Crippen LogP contribution in [0.25, 0.3) is 0 Å². The van der Waals surface area contributed by atoms with Crippen LogP contribution in [-0.2, 0) is 6.42 Å². The molecule has 1 aromatic carbocycles. The van der Waals surface area contributed by atoms with Crippen LogP contribution < -0.4 is 5.32 Å². The molecule has 4 heteroatoms. The zero-order valence-electron chi connectivity index (χ0n) is 10.0. The fourth-order valence-corrected chi connectivity index (χ4v) is 2.10. The first-order valence-corrected chi connectivity index (χ1v) is 6.09. The highest BCUT2D eigenvalue weighted by atomic mass is 35.5. The molecule has 0 bridgehead atoms. The summed E-state index contributed by atoms with van der Waals surface area (Å²) in [6, 6.07) is 9.15. The Balaban J connectivity index is 2.23. The van der Waals surface area contributed by atoms with Gasteiger partial charge in [-0.25, -0.2) is 4.39 Å². The van der Waals surface area contributed by atoms with Crippen molar-refractivity contribution in [2.45, 2.75) is 12.5 Å². The minimum absolute atomic E-state index is 0.00639. The van der Waals surface area contributed by atoms with E-state index in [1.54, 1.807) is 6.20 Å². The molecule has 94 valence electrons. The monoisotopic (exact) mass is 264 g/mol. The maximum atomic E-state index is 13.2. The molecule has 2 aromatic rings. The highest BCUT2D eigenvalue weighted by molar-refractivity contribution is 6.31. The number of nitrogens with zero attached hydrogens (tertiary/aromatic N) is 1. The lowest BCUT2D eigenvalue weighted by Crippen LogP contribution is -2.19. The van der Waals surface area contributed by atoms with Crippen molar-refractivity contribution in [2.75, 3.05) is 7.05 Å². The Morgan fingerprint density at radius 1 is 1.33 bits per heavy atom. The molecular formula is C14H14ClFN2. The smallest absolute Gasteiger partial charge is 0.141 e. The Morgan fingerprint density at radius 3 is 2.78 bits per heavy atom. The zero-order chi connectivity index (χ0) is 13.0. The van der Waals surface area contributed by atoms with Gasteiger partial charge in [-0.05, 0) is 36.7 Å². The van der Waals surface area contributed by atoms with E-state index >= 15 is 0 Å². The van der Waals surface area contributed by atoms with E-state index in [1.165, 1.54) is 12.3 Å². The standard InChI is InChI=1S/C14H14ClFN2/c1-17-14(11-6-12(16)9-18-8-11)7-10-4-2-3-5-13(10)15/h2-6,8-9,14,17H,7H2,1H3. The Morgan fingerprint density at radius 2 is 2.11 bits per heavy atom. The maximum absolute atomic E-state index is 13.2. The third-order valence-electron chi connectivity index (χ3n) is 2.86. The molecule has 0 aliphatic carbocycles. The fraction of sp³-hybridized carbons (Fsp3) is 0.214. The van der Waals surface area contributed by atoms with Crippen molar-refractivity contribution < 1.29 is 4.39 Å². The van der Waals surface area contributed by atoms with Crippen LogP contribution >= 0.6 is 11.6 Å². The van der Waals surface area contributed by atoms with Crippen LogP contribution in [0, 0.1) is 5.82 Å². The molecule has 0 saturated carbocycles. The van der Waals surface area contributed by atoms with Gasteiger partial charge < -0.3 is 5.32 Å². The van der Waals surface area contributed by atoms with Crippen molar-refractivity contribution in [2.24, 2.45) is 0 Å². The van der Waals surface area contributed by atoms with Gasteiger partial charge in [-0.1, -0.05) is 29.8 Å². The summed E-state index contributed by atoms with van der Waals surface area (Å²) < 4.78 is 13.2. The summed E-state index contributed by atoms with van der Waals surface area (Å²) in [5, 5.41) is 3.88. The SMILES string of the molecule is CNC(Cc1ccccc1Cl)c1cncc(F)c1. The summed E-state index contributed by atoms with van der Waals surface area (Å²) in [7, 11) is 1.84. The molecule has 1 atom stereocenters. The second-order valence-electron chi connectivity index (χ2n) is 4.07. The van der Waals surface area contributed by atoms with Gasteiger partial charge in [-0.2, -0.15) is 0 Å². The molecule has 0 aliphatic rings. The fourth-order valence-electron chi connectivity index (χ4n) is 1.89. The van der Waals surface area contributed by atoms with Crippen molar-refractivity contribution in [3.8, 4) is 0 Å². The van der Waals surface area contributed by atoms with Gasteiger partial charge in [0, 0.05) is 17.3 Å². The van der Waals surface area contributed by atoms with Crippen molar-refractivity contribution in [3.63, 3.8) is 0 Å². The van der Waals surface area contributed by atoms with Crippen LogP contribution in [0.5, 0.6) is 0 Å². The lowest BCUT2D eigenvalue weighted by molar-refractivity contribution is 0.572. The van der Waals surface area contributed by atoms with Gasteiger partial charge in [0.05, 0.1) is 6.20 Å². The van der Waals surface area contributed by atoms with E-state index in [9.17, 15) is 4.39 Å². The van der Waals surface area contributed by atoms with Crippen molar-refractivity contribution in [1.29, 1.82) is 0 Å². The molecule has 2 nitrogen and oxygen atoms in total. The highest BCUT2D eigenvalue weighted by Crippen LogP contribution is 2.23. The van der Waals surface area contributed by atoms with Crippen LogP contribution in [0.4, 0.5) is 4.39 Å². The Labute approximate surface area is 111 Å². The Bertz CT molecular complexity index is 531. The maximum Gasteiger partial charge on any atom is 0.141 e. The summed E-state index contributed by atoms with van der Waals surface area (Å²) in [5.74, 6) is -0.327. The van der Waals surface area contributed by atoms with Crippen LogP contribution in [0.1, 0.15) is 17.2 Å². The van der Waals surface area contributed by atoms with E-state index in [0.29, 0.717) is 6.42 Å². The van der Waals surface area contributed by atoms with Gasteiger partial charge in [0.15, 0.2) is 0 Å². The molecular weight excluding hydrogens is 251 g/mol. The summed E-state index contributed by atoms with van der Waals surface area (Å²) in [6.45, 7) is 0. The third kappa shape index (κ3) is 3.06. The summed E-state index contributed by atoms with van der Waals surface area (Å²) in [5.41, 5.74) is 1.85. The normalized spacial score (nSPS) is 12.4. The van der Waals surface area contributed by atoms with Crippen molar-refractivity contribution in [1.82, 2.24) is 10.3 Å². The number of likely N-dealkylation sites (N-methyl/N-ethyl adjacent to an activating group) is 1. The largest absolute Gasteiger partial charge is 0.313 e. The Hall–Kier alpha value is -1.45. The topological polar surface area (TPSA) is 24.9 Å². The molecule has 0 radical (unpaired) electrons. The third-order valence-corrected chi connectivity index (χ3v) is 3.23. The number of hydrogen-bond donors (Lipinski definition) is 1. The van der Waals surface area contributed by atoms with Crippen molar-refractivity contribution in [3.05, 3.63) is 64.7 Å². The first-order chi connectivity index (χ1) is 8.70. The lowest BCUT2D eigenvalue weighted by Gasteiger charge is -2.17. The van der Waals surface area contributed by atoms with E-state index in [0.717, 1.165) is 16.1 Å². The molecule has 0 aliphatic heterocycles. The van der Waals surface area contributed by atoms with Gasteiger partial charge in [-0.15, -0.1) is 0 Å². The molecule has 1 N–H and O–H groups in total. The molecule has 1 unspecified atom stereocenters. The number of aromatic nitrogens is 1. The van der Waals surface area contributed by atoms with Gasteiger partial charge in [-0.3, -0.25) is 4.98 Å². The number of pyridine rings is 1. The molecule has 2 rings (SSSR count). The van der Waals surface area contributed by atoms with Crippen molar-refractivity contribution >= 4 is 11.6 Å². The number of benzene rings is 1. The zero-order valence-corrected chi connectivity index (χ0v) is 10.8. The molecule has 0 amide bonds. The minimum Gasteiger partial charge on any atom is -0.313 e. The highest BCUT2D eigenvalue weighted by Gasteiger charge is 2.12. The lowest BCUT2D eigenvalue weighted by atomic mass is 10.0. The van der Waals surface area contributed by atoms with E-state index in [1.807, 2.05) is 31.3 Å². The number of nitrogens with one attached hydrogen (secondary N) is 1. The quantitative estimate of drug-likeness (QED) is 0.916. The average molecular weight is 265 g/mol. The molecule has 1 aromatic heterocycles. The molecule has 0 fully saturated rings. The van der Waals surface area contributed by atoms with Gasteiger partial charge in [0.1, 0.15) is 5.82 Å². The average Bonchev–Trinajstić information content (AvgIpc) is 2.38. The summed E-state index contributed by atoms with van der Waals surface area (Å²) in [6.07, 6.45) is 3.56. The van der Waals surface area contributed by atoms with Crippen LogP contribution in [-0.4, -0.2) is 12.0 Å². The number of rotatable bonds is 4. The van der Waals surface area contributed by atoms with Crippen LogP contribution in [0.15, 0.2) is 42.7 Å². The van der Waals surface area contributed by atoms with Gasteiger partial charge in [0.25, 0.3) is 0 Å². The van der Waals surface area contributed by atoms with Crippen LogP contribution in [0.2, 0.25) is 5.02 Å². The Kier molecular flexibility index (Phi) is 4.28. The van der Waals surface area contributed by atoms with E-state index in [-0.39, 0.29) is 11.9 Å². The van der Waals surface area contributed by atoms with E-state index < -0.39 is 0 Å². The first-order valence-electron chi connectivity index (χ1n) is 5.72. The first kappa shape index (κ1) is 13.0. The summed E-state index contributed by atoms with van der Waals surface area (Å²) >= 11 is 6.13. The number of hydrogen-bond acceptors (Lipinski definition) is 2. The molecule has 1 heterocycles. The molecule has 18 heavy (non-hydrogen) atoms. The second kappa shape index (κ2) is 5.94. The van der Waals surface area contributed by atoms with Gasteiger partial charge in [0.2, 0.25) is 0 Å². The predicted molar refractivity (Wildman–Crippen MR) is 71.2 cm³/mol. The molecule has 0 saturated heterocycles. The van der Waals surface area contributed by atoms with Gasteiger partial charge >= 0.3 is 0 Å². The number of halogens is 2. The van der Waals surface area contributed by atoms with E-state index in [4.69, 9.17) is 11.6 Å². The minimum atomic E-state index is -0.327. The van der Waals surface area contributed by atoms with Crippen LogP contribution in [0.3, 0.4) is 0 Å².